The first-order chi connectivity index (χ1) is 52.2. The molecule has 6 aliphatic rings. The number of urea groups is 1. The molecule has 9 rings (SSSR count). The number of carbonyl (C=O) groups is 8. The third-order valence-electron chi connectivity index (χ3n) is 19.3. The van der Waals surface area contributed by atoms with E-state index in [9.17, 15) is 89.4 Å². The second-order valence-electron chi connectivity index (χ2n) is 27.7. The first kappa shape index (κ1) is 85.7. The highest BCUT2D eigenvalue weighted by Crippen LogP contribution is 2.35. The van der Waals surface area contributed by atoms with Crippen molar-refractivity contribution in [2.24, 2.45) is 0 Å². The van der Waals surface area contributed by atoms with E-state index in [0.29, 0.717) is 75.8 Å². The number of unbranched alkanes of at least 4 members (excludes halogenated alkanes) is 6. The van der Waals surface area contributed by atoms with Crippen molar-refractivity contribution in [3.8, 4) is 0 Å². The molecule has 19 N–H and O–H groups in total. The van der Waals surface area contributed by atoms with Gasteiger partial charge in [-0.1, -0.05) is 29.7 Å². The molecule has 3 aromatic rings. The number of aromatic nitrogens is 6. The zero-order chi connectivity index (χ0) is 78.6. The zero-order valence-electron chi connectivity index (χ0n) is 60.8. The van der Waals surface area contributed by atoms with Gasteiger partial charge in [-0.2, -0.15) is 11.8 Å². The van der Waals surface area contributed by atoms with Crippen molar-refractivity contribution >= 4 is 64.8 Å². The molecule has 0 bridgehead atoms. The number of nitrogens with one attached hydrogen (secondary N) is 9. The number of hydrogen-bond donors (Lipinski definition) is 19. The number of amides is 9. The second-order valence-corrected chi connectivity index (χ2v) is 29.0. The molecular formula is C67H103N15O26S. The van der Waals surface area contributed by atoms with Gasteiger partial charge in [-0.15, -0.1) is 10.2 Å². The minimum atomic E-state index is -1.67. The number of ether oxygens (including phenoxy) is 8. The molecule has 42 heteroatoms. The summed E-state index contributed by atoms with van der Waals surface area (Å²) in [6, 6.07) is -0.989. The van der Waals surface area contributed by atoms with Crippen LogP contribution in [0.5, 0.6) is 0 Å². The number of nitrogens with zero attached hydrogens (tertiary/aromatic N) is 6. The van der Waals surface area contributed by atoms with Crippen molar-refractivity contribution in [1.29, 1.82) is 0 Å². The van der Waals surface area contributed by atoms with Crippen molar-refractivity contribution in [2.45, 2.75) is 264 Å². The molecule has 6 saturated heterocycles. The number of aryl methyl sites for hydroxylation is 2. The van der Waals surface area contributed by atoms with Gasteiger partial charge in [0.2, 0.25) is 29.5 Å². The number of carbonyl (C=O) groups excluding carboxylic acids is 8. The van der Waals surface area contributed by atoms with E-state index in [-0.39, 0.29) is 78.8 Å². The highest BCUT2D eigenvalue weighted by atomic mass is 32.2. The molecule has 109 heavy (non-hydrogen) atoms. The van der Waals surface area contributed by atoms with E-state index in [4.69, 9.17) is 37.9 Å². The molecule has 2 aromatic heterocycles. The molecular weight excluding hydrogens is 1460 g/mol. The van der Waals surface area contributed by atoms with Gasteiger partial charge in [0.1, 0.15) is 109 Å². The van der Waals surface area contributed by atoms with E-state index < -0.39 is 184 Å². The van der Waals surface area contributed by atoms with Gasteiger partial charge in [-0.3, -0.25) is 42.9 Å². The quantitative estimate of drug-likeness (QED) is 0.0187. The Labute approximate surface area is 630 Å². The van der Waals surface area contributed by atoms with Crippen LogP contribution in [0.2, 0.25) is 0 Å². The predicted molar refractivity (Wildman–Crippen MR) is 375 cm³/mol. The van der Waals surface area contributed by atoms with Crippen LogP contribution in [0.4, 0.5) is 10.5 Å². The first-order valence-corrected chi connectivity index (χ1v) is 37.6. The average Bonchev–Trinajstić information content (AvgIpc) is 1.72. The zero-order valence-corrected chi connectivity index (χ0v) is 61.6. The number of thioether (sulfide) groups is 1. The topological polar surface area (TPSA) is 582 Å². The lowest BCUT2D eigenvalue weighted by atomic mass is 9.94. The molecule has 0 aliphatic carbocycles. The summed E-state index contributed by atoms with van der Waals surface area (Å²) >= 11 is 1.78. The summed E-state index contributed by atoms with van der Waals surface area (Å²) in [5.74, 6) is -3.05. The van der Waals surface area contributed by atoms with E-state index in [1.807, 2.05) is 0 Å². The lowest BCUT2D eigenvalue weighted by molar-refractivity contribution is -0.332. The van der Waals surface area contributed by atoms with Crippen LogP contribution < -0.4 is 47.9 Å². The van der Waals surface area contributed by atoms with Gasteiger partial charge in [0.25, 0.3) is 11.8 Å². The van der Waals surface area contributed by atoms with Crippen molar-refractivity contribution in [3.63, 3.8) is 0 Å². The number of fused-ring (bicyclic) bond motifs is 1. The van der Waals surface area contributed by atoms with Gasteiger partial charge in [0.15, 0.2) is 25.2 Å². The number of aliphatic hydroxyl groups is 10. The lowest BCUT2D eigenvalue weighted by Crippen LogP contribution is -2.69. The Kier molecular flexibility index (Phi) is 32.5. The van der Waals surface area contributed by atoms with E-state index in [1.54, 1.807) is 33.5 Å². The Morgan fingerprint density at radius 1 is 0.523 bits per heavy atom. The number of benzene rings is 1. The third-order valence-corrected chi connectivity index (χ3v) is 20.8. The summed E-state index contributed by atoms with van der Waals surface area (Å²) in [6.45, 7) is 2.79. The van der Waals surface area contributed by atoms with Gasteiger partial charge in [0, 0.05) is 88.2 Å². The summed E-state index contributed by atoms with van der Waals surface area (Å²) in [6.07, 6.45) is -13.8. The Bertz CT molecular complexity index is 3500. The first-order valence-electron chi connectivity index (χ1n) is 36.5. The van der Waals surface area contributed by atoms with Crippen LogP contribution in [-0.4, -0.2) is 314 Å². The largest absolute Gasteiger partial charge is 0.394 e. The van der Waals surface area contributed by atoms with E-state index in [2.05, 4.69) is 68.5 Å². The van der Waals surface area contributed by atoms with Crippen molar-refractivity contribution in [3.05, 3.63) is 53.1 Å². The highest BCUT2D eigenvalue weighted by Gasteiger charge is 2.54. The number of anilines is 1. The fraction of sp³-hybridized carbons (Fsp3) is 0.731. The summed E-state index contributed by atoms with van der Waals surface area (Å²) < 4.78 is 50.5. The minimum Gasteiger partial charge on any atom is -0.394 e. The number of rotatable bonds is 39. The summed E-state index contributed by atoms with van der Waals surface area (Å²) in [5.41, 5.74) is 1.13. The molecule has 8 heterocycles. The van der Waals surface area contributed by atoms with Crippen LogP contribution in [0, 0.1) is 0 Å². The smallest absolute Gasteiger partial charge is 0.315 e. The molecule has 0 saturated carbocycles. The Balaban J connectivity index is 0.729. The van der Waals surface area contributed by atoms with Crippen LogP contribution in [-0.2, 0) is 88.0 Å². The maximum Gasteiger partial charge on any atom is 0.315 e. The molecule has 1 aromatic carbocycles. The van der Waals surface area contributed by atoms with Crippen molar-refractivity contribution in [1.82, 2.24) is 72.5 Å². The summed E-state index contributed by atoms with van der Waals surface area (Å²) in [4.78, 5) is 102. The predicted octanol–water partition coefficient (Wildman–Crippen LogP) is -6.02. The molecule has 0 spiro atoms. The van der Waals surface area contributed by atoms with Gasteiger partial charge in [0.05, 0.1) is 64.0 Å². The molecule has 8 unspecified atom stereocenters. The molecule has 23 atom stereocenters. The molecule has 6 aliphatic heterocycles. The summed E-state index contributed by atoms with van der Waals surface area (Å²) in [7, 11) is 0. The van der Waals surface area contributed by atoms with E-state index >= 15 is 0 Å². The SMILES string of the molecule is CC(=O)NC1[C@@H](O[C@H]2C(CO)O[C@@H](OCCCCCCn3cc(CNC(=O)c4cc(NC(=O)CCCC[C@H]5SC[C@H]6NC(=O)N[C@H]65)cc(C(=O)NCc5cn(CCCCCO[C@@H]6OC(CO)[C@H](O[C@@H]7OC(CO)[C@H](O)[C@H](O)C7NC(C)=O)[C@H](O)C6NC(C)=O)nn5)c4)nn3)C(NC(C)=O)[C@H]2O)OC(CO)[C@H](O)[C@@H]1O. The summed E-state index contributed by atoms with van der Waals surface area (Å²) in [5, 5.41) is 147. The number of aliphatic hydroxyl groups excluding tert-OH is 10. The standard InChI is InChI=1S/C67H103N15O26S/c1-32(87)70-49-55(94)53(92)42(27-83)103-65(49)107-59-44(29-85)105-63(51(57(59)96)72-34(3)89)101-18-12-6-5-10-16-81-25-39(77-79-81)23-68-61(98)36-20-37(22-38(21-36)74-47(91)15-9-8-14-46-48-41(31-109-46)75-67(100)76-48)62(99)69-24-40-26-82(80-78-40)17-11-7-13-19-102-64-52(73-35(4)90)58(97)60(45(30-86)106-64)108-66-50(71-33(2)88)56(95)54(93)43(28-84)104-66/h20-22,25-26,41-46,48-60,63-66,83-86,92-97H,5-19,23-24,27-31H2,1-4H3,(H,68,98)(H,69,99)(H,70,87)(H,71,88)(H,72,89)(H,73,90)(H,74,91)(H2,75,76,100)/t41-,42?,43?,44?,45?,46-,48-,49?,50?,51?,52?,53+,54+,55-,56-,57-,58-,59+,60+,63-,64-,65-,66+/m1/s1. The van der Waals surface area contributed by atoms with Gasteiger partial charge >= 0.3 is 6.03 Å². The number of hydrogen-bond acceptors (Lipinski definition) is 31. The third kappa shape index (κ3) is 23.6. The highest BCUT2D eigenvalue weighted by molar-refractivity contribution is 8.00. The monoisotopic (exact) mass is 1570 g/mol. The molecule has 608 valence electrons. The van der Waals surface area contributed by atoms with Crippen LogP contribution in [0.15, 0.2) is 30.6 Å². The van der Waals surface area contributed by atoms with Crippen molar-refractivity contribution < 1.29 is 127 Å². The van der Waals surface area contributed by atoms with E-state index in [1.165, 1.54) is 32.0 Å². The Morgan fingerprint density at radius 3 is 1.39 bits per heavy atom. The fourth-order valence-electron chi connectivity index (χ4n) is 13.8. The van der Waals surface area contributed by atoms with Crippen LogP contribution in [0.25, 0.3) is 0 Å². The molecule has 0 radical (unpaired) electrons. The van der Waals surface area contributed by atoms with Gasteiger partial charge in [-0.25, -0.2) is 4.79 Å². The maximum atomic E-state index is 13.9. The normalized spacial score (nSPS) is 31.5. The van der Waals surface area contributed by atoms with Crippen LogP contribution in [0.3, 0.4) is 0 Å². The molecule has 6 fully saturated rings. The fourth-order valence-corrected chi connectivity index (χ4v) is 15.3. The minimum absolute atomic E-state index is 0.0276. The van der Waals surface area contributed by atoms with Crippen LogP contribution >= 0.6 is 11.8 Å². The second kappa shape index (κ2) is 41.3. The average molecular weight is 1570 g/mol. The lowest BCUT2D eigenvalue weighted by Gasteiger charge is -2.48. The van der Waals surface area contributed by atoms with E-state index in [0.717, 1.165) is 32.4 Å². The van der Waals surface area contributed by atoms with Gasteiger partial charge in [-0.05, 0) is 63.1 Å². The molecule has 9 amide bonds. The van der Waals surface area contributed by atoms with Gasteiger partial charge < -0.3 is 137 Å². The van der Waals surface area contributed by atoms with Crippen LogP contribution in [0.1, 0.15) is 130 Å². The van der Waals surface area contributed by atoms with Crippen molar-refractivity contribution in [2.75, 3.05) is 50.7 Å². The Morgan fingerprint density at radius 2 is 0.945 bits per heavy atom. The maximum absolute atomic E-state index is 13.9. The molecule has 41 nitrogen and oxygen atoms in total. The Hall–Kier alpha value is -7.31.